The summed E-state index contributed by atoms with van der Waals surface area (Å²) in [5, 5.41) is 10.1. The van der Waals surface area contributed by atoms with Crippen LogP contribution in [0.2, 0.25) is 0 Å². The first-order valence-corrected chi connectivity index (χ1v) is 11.1. The monoisotopic (exact) mass is 469 g/mol. The second-order valence-corrected chi connectivity index (χ2v) is 7.97. The lowest BCUT2D eigenvalue weighted by Crippen LogP contribution is -2.37. The maximum absolute atomic E-state index is 14.7. The highest BCUT2D eigenvalue weighted by Crippen LogP contribution is 2.26. The average Bonchev–Trinajstić information content (AvgIpc) is 2.80. The number of hydrogen-bond donors (Lipinski definition) is 3. The largest absolute Gasteiger partial charge is 0.447 e. The van der Waals surface area contributed by atoms with Crippen molar-refractivity contribution in [1.82, 2.24) is 4.90 Å². The Hall–Kier alpha value is -3.75. The van der Waals surface area contributed by atoms with Gasteiger partial charge in [0.1, 0.15) is 5.82 Å². The highest BCUT2D eigenvalue weighted by Gasteiger charge is 2.24. The zero-order valence-electron chi connectivity index (χ0n) is 20.0. The number of hydrogen-bond acceptors (Lipinski definition) is 6. The number of anilines is 1. The molecule has 8 nitrogen and oxygen atoms in total. The molecular weight excluding hydrogens is 437 g/mol. The molecule has 1 aromatic rings. The summed E-state index contributed by atoms with van der Waals surface area (Å²) in [7, 11) is 1.60. The fourth-order valence-corrected chi connectivity index (χ4v) is 3.62. The van der Waals surface area contributed by atoms with Gasteiger partial charge in [0, 0.05) is 50.4 Å². The minimum absolute atomic E-state index is 0.0686. The number of ether oxygens (including phenoxy) is 1. The van der Waals surface area contributed by atoms with Crippen molar-refractivity contribution in [3.8, 4) is 0 Å². The molecule has 2 amide bonds. The molecule has 0 unspecified atom stereocenters. The number of aliphatic imine (C=N–C) groups is 1. The molecule has 0 aromatic heterocycles. The standard InChI is InChI=1S/C25H32FN5O3/c1-5-21(20(12-27)13-28)18(14-29-4)6-7-24(32)30-23-11-17-8-9-31(25(33)34-16(2)3)15-19(17)10-22(23)26/h6-7,10-14,16,27H,5,8-9,15,28H2,1-4H3,(H,30,32)/b7-6+,20-13+,21-18+,27-12?,29-14?. The van der Waals surface area contributed by atoms with Crippen molar-refractivity contribution in [3.63, 3.8) is 0 Å². The maximum atomic E-state index is 14.7. The molecule has 34 heavy (non-hydrogen) atoms. The van der Waals surface area contributed by atoms with E-state index in [0.717, 1.165) is 17.4 Å². The van der Waals surface area contributed by atoms with Gasteiger partial charge in [-0.3, -0.25) is 9.79 Å². The van der Waals surface area contributed by atoms with Crippen molar-refractivity contribution in [2.75, 3.05) is 18.9 Å². The summed E-state index contributed by atoms with van der Waals surface area (Å²) in [5.74, 6) is -1.10. The molecule has 1 aliphatic rings. The van der Waals surface area contributed by atoms with Crippen LogP contribution in [0.25, 0.3) is 0 Å². The smallest absolute Gasteiger partial charge is 0.410 e. The predicted molar refractivity (Wildman–Crippen MR) is 133 cm³/mol. The first-order valence-electron chi connectivity index (χ1n) is 11.1. The highest BCUT2D eigenvalue weighted by molar-refractivity contribution is 6.01. The Balaban J connectivity index is 2.20. The summed E-state index contributed by atoms with van der Waals surface area (Å²) in [6, 6.07) is 2.95. The Morgan fingerprint density at radius 3 is 2.65 bits per heavy atom. The maximum Gasteiger partial charge on any atom is 0.410 e. The Morgan fingerprint density at radius 1 is 1.32 bits per heavy atom. The molecule has 2 rings (SSSR count). The fraction of sp³-hybridized carbons (Fsp3) is 0.360. The van der Waals surface area contributed by atoms with Crippen molar-refractivity contribution < 1.29 is 18.7 Å². The van der Waals surface area contributed by atoms with E-state index in [9.17, 15) is 14.0 Å². The zero-order valence-corrected chi connectivity index (χ0v) is 20.0. The molecule has 0 spiro atoms. The molecule has 0 saturated carbocycles. The van der Waals surface area contributed by atoms with Crippen LogP contribution in [0.1, 0.15) is 38.3 Å². The number of benzene rings is 1. The lowest BCUT2D eigenvalue weighted by Gasteiger charge is -2.29. The van der Waals surface area contributed by atoms with Crippen LogP contribution in [0.15, 0.2) is 52.2 Å². The molecule has 1 aliphatic heterocycles. The number of carbonyl (C=O) groups excluding carboxylic acids is 2. The van der Waals surface area contributed by atoms with Crippen LogP contribution in [0.4, 0.5) is 14.9 Å². The molecule has 0 bridgehead atoms. The molecule has 4 N–H and O–H groups in total. The van der Waals surface area contributed by atoms with Crippen LogP contribution in [0, 0.1) is 11.2 Å². The number of carbonyl (C=O) groups is 2. The van der Waals surface area contributed by atoms with Crippen molar-refractivity contribution in [3.05, 3.63) is 64.1 Å². The van der Waals surface area contributed by atoms with Gasteiger partial charge in [-0.25, -0.2) is 9.18 Å². The summed E-state index contributed by atoms with van der Waals surface area (Å²) >= 11 is 0. The molecule has 9 heteroatoms. The predicted octanol–water partition coefficient (Wildman–Crippen LogP) is 4.12. The Labute approximate surface area is 199 Å². The van der Waals surface area contributed by atoms with Crippen molar-refractivity contribution >= 4 is 30.1 Å². The number of nitrogens with one attached hydrogen (secondary N) is 2. The Bertz CT molecular complexity index is 1060. The van der Waals surface area contributed by atoms with E-state index in [0.29, 0.717) is 36.1 Å². The van der Waals surface area contributed by atoms with E-state index in [2.05, 4.69) is 10.3 Å². The van der Waals surface area contributed by atoms with Gasteiger partial charge >= 0.3 is 6.09 Å². The second-order valence-electron chi connectivity index (χ2n) is 7.97. The molecule has 182 valence electrons. The molecule has 1 aromatic carbocycles. The van der Waals surface area contributed by atoms with E-state index in [-0.39, 0.29) is 18.3 Å². The summed E-state index contributed by atoms with van der Waals surface area (Å²) in [5.41, 5.74) is 9.13. The number of allylic oxidation sites excluding steroid dienone is 4. The molecule has 0 radical (unpaired) electrons. The van der Waals surface area contributed by atoms with E-state index in [1.807, 2.05) is 6.92 Å². The van der Waals surface area contributed by atoms with E-state index >= 15 is 0 Å². The molecule has 1 heterocycles. The van der Waals surface area contributed by atoms with Crippen molar-refractivity contribution in [1.29, 1.82) is 5.41 Å². The van der Waals surface area contributed by atoms with Crippen LogP contribution < -0.4 is 11.1 Å². The summed E-state index contributed by atoms with van der Waals surface area (Å²) in [6.45, 7) is 6.16. The quantitative estimate of drug-likeness (QED) is 0.301. The minimum atomic E-state index is -0.586. The van der Waals surface area contributed by atoms with E-state index in [1.165, 1.54) is 23.2 Å². The number of rotatable bonds is 8. The van der Waals surface area contributed by atoms with Gasteiger partial charge in [0.2, 0.25) is 5.91 Å². The lowest BCUT2D eigenvalue weighted by molar-refractivity contribution is -0.111. The third-order valence-electron chi connectivity index (χ3n) is 5.22. The van der Waals surface area contributed by atoms with Gasteiger partial charge in [-0.2, -0.15) is 0 Å². The van der Waals surface area contributed by atoms with E-state index in [1.54, 1.807) is 39.3 Å². The number of nitrogens with zero attached hydrogens (tertiary/aromatic N) is 2. The van der Waals surface area contributed by atoms with Gasteiger partial charge in [0.15, 0.2) is 0 Å². The Kier molecular flexibility index (Phi) is 9.73. The van der Waals surface area contributed by atoms with E-state index in [4.69, 9.17) is 15.9 Å². The van der Waals surface area contributed by atoms with Gasteiger partial charge in [0.25, 0.3) is 0 Å². The number of fused-ring (bicyclic) bond motifs is 1. The van der Waals surface area contributed by atoms with Crippen molar-refractivity contribution in [2.24, 2.45) is 10.7 Å². The summed E-state index contributed by atoms with van der Waals surface area (Å²) < 4.78 is 19.9. The number of halogens is 1. The molecule has 0 saturated heterocycles. The average molecular weight is 470 g/mol. The Morgan fingerprint density at radius 2 is 2.06 bits per heavy atom. The summed E-state index contributed by atoms with van der Waals surface area (Å²) in [6.07, 6.45) is 7.34. The van der Waals surface area contributed by atoms with E-state index < -0.39 is 17.8 Å². The molecule has 0 aliphatic carbocycles. The van der Waals surface area contributed by atoms with Crippen molar-refractivity contribution in [2.45, 2.75) is 46.3 Å². The lowest BCUT2D eigenvalue weighted by atomic mass is 9.98. The number of nitrogens with two attached hydrogens (primary N) is 1. The first kappa shape index (κ1) is 26.5. The van der Waals surface area contributed by atoms with Gasteiger partial charge in [0.05, 0.1) is 11.8 Å². The third-order valence-corrected chi connectivity index (χ3v) is 5.22. The van der Waals surface area contributed by atoms with Gasteiger partial charge in [-0.05, 0) is 67.2 Å². The first-order chi connectivity index (χ1) is 16.2. The summed E-state index contributed by atoms with van der Waals surface area (Å²) in [4.78, 5) is 30.2. The third kappa shape index (κ3) is 6.87. The van der Waals surface area contributed by atoms with Crippen LogP contribution in [0.3, 0.4) is 0 Å². The normalized spacial score (nSPS) is 14.9. The molecule has 0 atom stereocenters. The van der Waals surface area contributed by atoms with Crippen LogP contribution in [0.5, 0.6) is 0 Å². The van der Waals surface area contributed by atoms with Crippen LogP contribution in [-0.2, 0) is 22.5 Å². The minimum Gasteiger partial charge on any atom is -0.447 e. The number of amides is 2. The second kappa shape index (κ2) is 12.5. The SMILES string of the molecule is CCC(/C(C=N)=C/N)=C(C=NC)/C=C/C(=O)Nc1cc2c(cc1F)CN(C(=O)OC(C)C)CC2. The molecular formula is C25H32FN5O3. The fourth-order valence-electron chi connectivity index (χ4n) is 3.62. The van der Waals surface area contributed by atoms with Crippen LogP contribution >= 0.6 is 0 Å². The van der Waals surface area contributed by atoms with Gasteiger partial charge < -0.3 is 26.1 Å². The van der Waals surface area contributed by atoms with Gasteiger partial charge in [-0.1, -0.05) is 6.92 Å². The topological polar surface area (TPSA) is 121 Å². The highest BCUT2D eigenvalue weighted by atomic mass is 19.1. The van der Waals surface area contributed by atoms with Crippen LogP contribution in [-0.4, -0.2) is 49.0 Å². The zero-order chi connectivity index (χ0) is 25.3. The molecule has 0 fully saturated rings. The van der Waals surface area contributed by atoms with Gasteiger partial charge in [-0.15, -0.1) is 0 Å².